The van der Waals surface area contributed by atoms with Gasteiger partial charge in [-0.15, -0.1) is 0 Å². The van der Waals surface area contributed by atoms with E-state index in [1.165, 1.54) is 6.20 Å². The minimum Gasteiger partial charge on any atom is -0.443 e. The summed E-state index contributed by atoms with van der Waals surface area (Å²) in [7, 11) is 0. The maximum Gasteiger partial charge on any atom is 0.425 e. The van der Waals surface area contributed by atoms with Crippen LogP contribution in [-0.2, 0) is 20.7 Å². The number of carbonyl (C=O) groups is 3. The van der Waals surface area contributed by atoms with Crippen LogP contribution in [0.15, 0.2) is 18.3 Å². The zero-order valence-electron chi connectivity index (χ0n) is 18.5. The first kappa shape index (κ1) is 22.6. The molecule has 1 aromatic heterocycles. The number of nitrogens with one attached hydrogen (secondary N) is 1. The van der Waals surface area contributed by atoms with Crippen LogP contribution < -0.4 is 10.2 Å². The monoisotopic (exact) mass is 405 g/mol. The fraction of sp³-hybridized carbons (Fsp3) is 0.619. The van der Waals surface area contributed by atoms with E-state index >= 15 is 0 Å². The Morgan fingerprint density at radius 1 is 1.10 bits per heavy atom. The number of hydrogen-bond donors (Lipinski definition) is 1. The number of rotatable bonds is 3. The predicted octanol–water partition coefficient (Wildman–Crippen LogP) is 3.83. The number of imide groups is 1. The molecule has 160 valence electrons. The smallest absolute Gasteiger partial charge is 0.425 e. The van der Waals surface area contributed by atoms with E-state index in [4.69, 9.17) is 9.47 Å². The van der Waals surface area contributed by atoms with Gasteiger partial charge < -0.3 is 14.8 Å². The summed E-state index contributed by atoms with van der Waals surface area (Å²) in [4.78, 5) is 42.4. The Bertz CT molecular complexity index is 777. The highest BCUT2D eigenvalue weighted by Gasteiger charge is 2.45. The summed E-state index contributed by atoms with van der Waals surface area (Å²) in [6.45, 7) is 14.2. The number of pyridine rings is 1. The molecule has 0 aliphatic carbocycles. The van der Waals surface area contributed by atoms with Crippen molar-refractivity contribution in [2.24, 2.45) is 5.92 Å². The Morgan fingerprint density at radius 3 is 2.03 bits per heavy atom. The predicted molar refractivity (Wildman–Crippen MR) is 109 cm³/mol. The van der Waals surface area contributed by atoms with Gasteiger partial charge in [-0.05, 0) is 79.5 Å². The normalized spacial score (nSPS) is 18.3. The van der Waals surface area contributed by atoms with Crippen molar-refractivity contribution in [3.05, 3.63) is 23.9 Å². The van der Waals surface area contributed by atoms with Crippen LogP contribution in [-0.4, -0.2) is 39.8 Å². The van der Waals surface area contributed by atoms with E-state index in [0.717, 1.165) is 10.5 Å². The minimum absolute atomic E-state index is 0.0236. The molecule has 1 aliphatic heterocycles. The fourth-order valence-electron chi connectivity index (χ4n) is 2.91. The lowest BCUT2D eigenvalue weighted by molar-refractivity contribution is -0.139. The molecule has 0 bridgehead atoms. The van der Waals surface area contributed by atoms with E-state index in [0.29, 0.717) is 6.42 Å². The van der Waals surface area contributed by atoms with E-state index in [1.54, 1.807) is 53.7 Å². The van der Waals surface area contributed by atoms with Crippen LogP contribution in [0.4, 0.5) is 15.4 Å². The Balaban J connectivity index is 2.33. The van der Waals surface area contributed by atoms with Gasteiger partial charge in [0.05, 0.1) is 5.92 Å². The van der Waals surface area contributed by atoms with Crippen molar-refractivity contribution in [2.45, 2.75) is 78.6 Å². The molecular weight excluding hydrogens is 374 g/mol. The van der Waals surface area contributed by atoms with Gasteiger partial charge in [0.1, 0.15) is 17.0 Å². The number of anilines is 1. The average molecular weight is 405 g/mol. The summed E-state index contributed by atoms with van der Waals surface area (Å²) in [5, 5.41) is 2.86. The summed E-state index contributed by atoms with van der Waals surface area (Å²) in [5.41, 5.74) is -1.14. The Kier molecular flexibility index (Phi) is 5.97. The highest BCUT2D eigenvalue weighted by molar-refractivity contribution is 6.08. The van der Waals surface area contributed by atoms with Gasteiger partial charge in [0.25, 0.3) is 0 Å². The van der Waals surface area contributed by atoms with Gasteiger partial charge in [0.2, 0.25) is 5.91 Å². The zero-order valence-corrected chi connectivity index (χ0v) is 18.5. The molecule has 1 unspecified atom stereocenters. The highest BCUT2D eigenvalue weighted by atomic mass is 16.6. The lowest BCUT2D eigenvalue weighted by Crippen LogP contribution is -2.66. The van der Waals surface area contributed by atoms with Gasteiger partial charge in [-0.2, -0.15) is 4.90 Å². The summed E-state index contributed by atoms with van der Waals surface area (Å²) >= 11 is 0. The van der Waals surface area contributed by atoms with Crippen molar-refractivity contribution in [1.82, 2.24) is 10.3 Å². The molecule has 8 nitrogen and oxygen atoms in total. The minimum atomic E-state index is -0.877. The molecule has 2 heterocycles. The molecule has 3 amide bonds. The summed E-state index contributed by atoms with van der Waals surface area (Å²) in [6.07, 6.45) is 0.206. The van der Waals surface area contributed by atoms with Crippen molar-refractivity contribution in [3.8, 4) is 0 Å². The molecule has 29 heavy (non-hydrogen) atoms. The van der Waals surface area contributed by atoms with Crippen molar-refractivity contribution in [3.63, 3.8) is 0 Å². The molecule has 0 radical (unpaired) electrons. The first-order valence-corrected chi connectivity index (χ1v) is 9.62. The molecule has 1 aromatic rings. The Morgan fingerprint density at radius 2 is 1.62 bits per heavy atom. The summed E-state index contributed by atoms with van der Waals surface area (Å²) in [5.74, 6) is -0.137. The van der Waals surface area contributed by atoms with E-state index in [9.17, 15) is 14.4 Å². The van der Waals surface area contributed by atoms with Crippen molar-refractivity contribution >= 4 is 23.9 Å². The standard InChI is InChI=1S/C21H31N3O5/c1-19(2,3)28-17(26)24(18(27)29-20(4,5)6)15-12-13(9-10-22-15)11-14-16(25)23-21(14,7)8/h9-10,12,14H,11H2,1-8H3,(H,23,25). The summed E-state index contributed by atoms with van der Waals surface area (Å²) < 4.78 is 10.8. The van der Waals surface area contributed by atoms with E-state index in [2.05, 4.69) is 10.3 Å². The number of hydrogen-bond acceptors (Lipinski definition) is 6. The molecule has 1 aliphatic rings. The Labute approximate surface area is 172 Å². The maximum absolute atomic E-state index is 12.7. The molecule has 1 saturated heterocycles. The molecule has 1 fully saturated rings. The van der Waals surface area contributed by atoms with Gasteiger partial charge in [0, 0.05) is 11.7 Å². The molecular formula is C21H31N3O5. The number of carbonyl (C=O) groups excluding carboxylic acids is 3. The number of ether oxygens (including phenoxy) is 2. The maximum atomic E-state index is 12.7. The van der Waals surface area contributed by atoms with Gasteiger partial charge in [-0.25, -0.2) is 14.6 Å². The van der Waals surface area contributed by atoms with Crippen LogP contribution in [0.5, 0.6) is 0 Å². The number of amides is 3. The first-order valence-electron chi connectivity index (χ1n) is 9.62. The second-order valence-electron chi connectivity index (χ2n) is 9.79. The van der Waals surface area contributed by atoms with E-state index in [-0.39, 0.29) is 23.2 Å². The van der Waals surface area contributed by atoms with E-state index < -0.39 is 23.4 Å². The SMILES string of the molecule is CC(C)(C)OC(=O)N(C(=O)OC(C)(C)C)c1cc(CC2C(=O)NC2(C)C)ccn1. The number of aromatic nitrogens is 1. The van der Waals surface area contributed by atoms with Crippen LogP contribution in [0, 0.1) is 5.92 Å². The molecule has 0 saturated carbocycles. The van der Waals surface area contributed by atoms with Crippen LogP contribution in [0.2, 0.25) is 0 Å². The summed E-state index contributed by atoms with van der Waals surface area (Å²) in [6, 6.07) is 3.36. The Hall–Kier alpha value is -2.64. The molecule has 0 spiro atoms. The highest BCUT2D eigenvalue weighted by Crippen LogP contribution is 2.31. The van der Waals surface area contributed by atoms with Crippen LogP contribution in [0.3, 0.4) is 0 Å². The quantitative estimate of drug-likeness (QED) is 0.768. The number of nitrogens with zero attached hydrogens (tertiary/aromatic N) is 2. The van der Waals surface area contributed by atoms with Crippen LogP contribution in [0.25, 0.3) is 0 Å². The van der Waals surface area contributed by atoms with Crippen LogP contribution in [0.1, 0.15) is 61.0 Å². The van der Waals surface area contributed by atoms with Gasteiger partial charge in [0.15, 0.2) is 0 Å². The lowest BCUT2D eigenvalue weighted by atomic mass is 9.75. The molecule has 2 rings (SSSR count). The fourth-order valence-corrected chi connectivity index (χ4v) is 2.91. The number of β-lactam (4-membered cyclic amide) rings is 1. The topological polar surface area (TPSA) is 97.8 Å². The largest absolute Gasteiger partial charge is 0.443 e. The third-order valence-electron chi connectivity index (χ3n) is 4.26. The zero-order chi connectivity index (χ0) is 22.2. The second kappa shape index (κ2) is 7.65. The molecule has 1 N–H and O–H groups in total. The average Bonchev–Trinajstić information content (AvgIpc) is 2.49. The van der Waals surface area contributed by atoms with Gasteiger partial charge in [-0.1, -0.05) is 0 Å². The van der Waals surface area contributed by atoms with Crippen molar-refractivity contribution < 1.29 is 23.9 Å². The van der Waals surface area contributed by atoms with Crippen LogP contribution >= 0.6 is 0 Å². The third kappa shape index (κ3) is 5.92. The first-order chi connectivity index (χ1) is 13.1. The van der Waals surface area contributed by atoms with Gasteiger partial charge in [-0.3, -0.25) is 4.79 Å². The molecule has 1 atom stereocenters. The lowest BCUT2D eigenvalue weighted by Gasteiger charge is -2.44. The third-order valence-corrected chi connectivity index (χ3v) is 4.26. The molecule has 0 aromatic carbocycles. The van der Waals surface area contributed by atoms with E-state index in [1.807, 2.05) is 13.8 Å². The second-order valence-corrected chi connectivity index (χ2v) is 9.79. The van der Waals surface area contributed by atoms with Crippen molar-refractivity contribution in [1.29, 1.82) is 0 Å². The van der Waals surface area contributed by atoms with Crippen molar-refractivity contribution in [2.75, 3.05) is 4.90 Å². The molecule has 8 heteroatoms. The van der Waals surface area contributed by atoms with Gasteiger partial charge >= 0.3 is 12.2 Å².